The van der Waals surface area contributed by atoms with E-state index in [1.807, 2.05) is 17.0 Å². The molecule has 1 N–H and O–H groups in total. The number of nitrogens with zero attached hydrogens (tertiary/aromatic N) is 2. The van der Waals surface area contributed by atoms with E-state index in [2.05, 4.69) is 49.5 Å². The first-order chi connectivity index (χ1) is 13.5. The SMILES string of the molecule is CC(C)CCOc1cccc(C=C2CCN(C(=O)Nc3cnoc3)CC2C)c1. The van der Waals surface area contributed by atoms with Gasteiger partial charge in [-0.05, 0) is 42.4 Å². The Balaban J connectivity index is 1.57. The van der Waals surface area contributed by atoms with Crippen LogP contribution in [0.25, 0.3) is 6.08 Å². The normalized spacial score (nSPS) is 18.5. The van der Waals surface area contributed by atoms with Crippen LogP contribution in [0.1, 0.15) is 39.2 Å². The molecular formula is C22H29N3O3. The molecule has 0 spiro atoms. The van der Waals surface area contributed by atoms with Crippen molar-refractivity contribution in [2.45, 2.75) is 33.6 Å². The number of anilines is 1. The zero-order valence-electron chi connectivity index (χ0n) is 16.9. The van der Waals surface area contributed by atoms with E-state index in [0.29, 0.717) is 30.6 Å². The molecule has 6 nitrogen and oxygen atoms in total. The second-order valence-corrected chi connectivity index (χ2v) is 7.76. The summed E-state index contributed by atoms with van der Waals surface area (Å²) in [6.07, 6.45) is 7.06. The Morgan fingerprint density at radius 1 is 1.46 bits per heavy atom. The molecule has 1 aliphatic rings. The Bertz CT molecular complexity index is 799. The molecule has 1 unspecified atom stereocenters. The largest absolute Gasteiger partial charge is 0.494 e. The number of urea groups is 1. The van der Waals surface area contributed by atoms with Crippen molar-refractivity contribution in [3.8, 4) is 5.75 Å². The molecule has 6 heteroatoms. The third-order valence-electron chi connectivity index (χ3n) is 4.94. The van der Waals surface area contributed by atoms with Crippen molar-refractivity contribution in [2.24, 2.45) is 11.8 Å². The van der Waals surface area contributed by atoms with Gasteiger partial charge in [-0.25, -0.2) is 4.79 Å². The van der Waals surface area contributed by atoms with E-state index in [0.717, 1.165) is 30.8 Å². The van der Waals surface area contributed by atoms with Gasteiger partial charge in [0.25, 0.3) is 0 Å². The molecule has 2 heterocycles. The minimum atomic E-state index is -0.116. The fraction of sp³-hybridized carbons (Fsp3) is 0.455. The number of aromatic nitrogens is 1. The van der Waals surface area contributed by atoms with Gasteiger partial charge in [-0.15, -0.1) is 0 Å². The molecule has 2 aromatic rings. The predicted molar refractivity (Wildman–Crippen MR) is 110 cm³/mol. The first-order valence-corrected chi connectivity index (χ1v) is 9.90. The Morgan fingerprint density at radius 2 is 2.32 bits per heavy atom. The van der Waals surface area contributed by atoms with Crippen molar-refractivity contribution >= 4 is 17.8 Å². The average molecular weight is 383 g/mol. The number of carbonyl (C=O) groups is 1. The summed E-state index contributed by atoms with van der Waals surface area (Å²) < 4.78 is 10.6. The molecule has 1 aromatic carbocycles. The highest BCUT2D eigenvalue weighted by Gasteiger charge is 2.24. The van der Waals surface area contributed by atoms with Crippen LogP contribution in [0.15, 0.2) is 46.8 Å². The van der Waals surface area contributed by atoms with Gasteiger partial charge in [0.1, 0.15) is 17.7 Å². The van der Waals surface area contributed by atoms with Crippen LogP contribution in [0.3, 0.4) is 0 Å². The van der Waals surface area contributed by atoms with Gasteiger partial charge in [-0.1, -0.05) is 49.7 Å². The number of ether oxygens (including phenoxy) is 1. The number of benzene rings is 1. The van der Waals surface area contributed by atoms with Crippen LogP contribution in [0.2, 0.25) is 0 Å². The smallest absolute Gasteiger partial charge is 0.322 e. The van der Waals surface area contributed by atoms with Crippen LogP contribution in [-0.4, -0.2) is 35.8 Å². The number of hydrogen-bond donors (Lipinski definition) is 1. The lowest BCUT2D eigenvalue weighted by atomic mass is 9.91. The van der Waals surface area contributed by atoms with E-state index in [1.165, 1.54) is 18.0 Å². The fourth-order valence-electron chi connectivity index (χ4n) is 3.24. The van der Waals surface area contributed by atoms with E-state index in [1.54, 1.807) is 0 Å². The first-order valence-electron chi connectivity index (χ1n) is 9.90. The number of carbonyl (C=O) groups excluding carboxylic acids is 1. The van der Waals surface area contributed by atoms with Crippen LogP contribution >= 0.6 is 0 Å². The van der Waals surface area contributed by atoms with Gasteiger partial charge >= 0.3 is 6.03 Å². The van der Waals surface area contributed by atoms with Crippen molar-refractivity contribution in [1.82, 2.24) is 10.1 Å². The van der Waals surface area contributed by atoms with E-state index in [-0.39, 0.29) is 6.03 Å². The maximum Gasteiger partial charge on any atom is 0.322 e. The molecule has 0 saturated carbocycles. The number of likely N-dealkylation sites (tertiary alicyclic amines) is 1. The summed E-state index contributed by atoms with van der Waals surface area (Å²) in [6.45, 7) is 8.68. The van der Waals surface area contributed by atoms with Crippen molar-refractivity contribution in [2.75, 3.05) is 25.0 Å². The van der Waals surface area contributed by atoms with E-state index >= 15 is 0 Å². The number of nitrogens with one attached hydrogen (secondary N) is 1. The highest BCUT2D eigenvalue weighted by Crippen LogP contribution is 2.26. The minimum absolute atomic E-state index is 0.116. The molecule has 0 aliphatic carbocycles. The Morgan fingerprint density at radius 3 is 3.04 bits per heavy atom. The number of rotatable bonds is 6. The van der Waals surface area contributed by atoms with Gasteiger partial charge in [0, 0.05) is 13.1 Å². The van der Waals surface area contributed by atoms with Crippen LogP contribution in [-0.2, 0) is 0 Å². The lowest BCUT2D eigenvalue weighted by Crippen LogP contribution is -2.42. The zero-order chi connectivity index (χ0) is 19.9. The topological polar surface area (TPSA) is 67.6 Å². The van der Waals surface area contributed by atoms with Crippen molar-refractivity contribution in [3.63, 3.8) is 0 Å². The summed E-state index contributed by atoms with van der Waals surface area (Å²) >= 11 is 0. The monoisotopic (exact) mass is 383 g/mol. The maximum absolute atomic E-state index is 12.4. The molecule has 0 radical (unpaired) electrons. The summed E-state index contributed by atoms with van der Waals surface area (Å²) in [5.74, 6) is 1.85. The van der Waals surface area contributed by atoms with Gasteiger partial charge in [0.2, 0.25) is 0 Å². The van der Waals surface area contributed by atoms with Crippen molar-refractivity contribution < 1.29 is 14.1 Å². The second kappa shape index (κ2) is 9.44. The summed E-state index contributed by atoms with van der Waals surface area (Å²) in [5, 5.41) is 6.41. The summed E-state index contributed by atoms with van der Waals surface area (Å²) in [7, 11) is 0. The molecule has 150 valence electrons. The molecular weight excluding hydrogens is 354 g/mol. The molecule has 28 heavy (non-hydrogen) atoms. The van der Waals surface area contributed by atoms with Gasteiger partial charge in [0.15, 0.2) is 0 Å². The highest BCUT2D eigenvalue weighted by molar-refractivity contribution is 5.89. The molecule has 3 rings (SSSR count). The van der Waals surface area contributed by atoms with Crippen LogP contribution in [0.5, 0.6) is 5.75 Å². The minimum Gasteiger partial charge on any atom is -0.494 e. The lowest BCUT2D eigenvalue weighted by molar-refractivity contribution is 0.198. The Labute approximate surface area is 166 Å². The van der Waals surface area contributed by atoms with Crippen molar-refractivity contribution in [3.05, 3.63) is 47.9 Å². The van der Waals surface area contributed by atoms with Gasteiger partial charge in [0.05, 0.1) is 12.8 Å². The van der Waals surface area contributed by atoms with Crippen LogP contribution < -0.4 is 10.1 Å². The van der Waals surface area contributed by atoms with Crippen LogP contribution in [0.4, 0.5) is 10.5 Å². The Hall–Kier alpha value is -2.76. The van der Waals surface area contributed by atoms with E-state index in [9.17, 15) is 4.79 Å². The molecule has 1 aliphatic heterocycles. The average Bonchev–Trinajstić information content (AvgIpc) is 3.16. The standard InChI is InChI=1S/C22H29N3O3/c1-16(2)8-10-27-21-6-4-5-18(12-21)11-19-7-9-25(14-17(19)3)22(26)24-20-13-23-28-15-20/h4-6,11-13,15-17H,7-10,14H2,1-3H3,(H,24,26). The lowest BCUT2D eigenvalue weighted by Gasteiger charge is -2.33. The number of piperidine rings is 1. The summed E-state index contributed by atoms with van der Waals surface area (Å²) in [6, 6.07) is 8.10. The molecule has 0 bridgehead atoms. The Kier molecular flexibility index (Phi) is 6.74. The van der Waals surface area contributed by atoms with Crippen molar-refractivity contribution in [1.29, 1.82) is 0 Å². The third-order valence-corrected chi connectivity index (χ3v) is 4.94. The molecule has 1 atom stereocenters. The molecule has 1 aromatic heterocycles. The molecule has 1 fully saturated rings. The van der Waals surface area contributed by atoms with Crippen LogP contribution in [0, 0.1) is 11.8 Å². The summed E-state index contributed by atoms with van der Waals surface area (Å²) in [5.41, 5.74) is 3.08. The summed E-state index contributed by atoms with van der Waals surface area (Å²) in [4.78, 5) is 14.2. The molecule has 1 saturated heterocycles. The maximum atomic E-state index is 12.4. The van der Waals surface area contributed by atoms with E-state index in [4.69, 9.17) is 9.26 Å². The second-order valence-electron chi connectivity index (χ2n) is 7.76. The third kappa shape index (κ3) is 5.62. The van der Waals surface area contributed by atoms with E-state index < -0.39 is 0 Å². The number of amides is 2. The zero-order valence-corrected chi connectivity index (χ0v) is 16.9. The van der Waals surface area contributed by atoms with Gasteiger partial charge < -0.3 is 19.5 Å². The fourth-order valence-corrected chi connectivity index (χ4v) is 3.24. The quantitative estimate of drug-likeness (QED) is 0.757. The first kappa shape index (κ1) is 20.0. The van der Waals surface area contributed by atoms with Gasteiger partial charge in [-0.3, -0.25) is 0 Å². The highest BCUT2D eigenvalue weighted by atomic mass is 16.5. The molecule has 2 amide bonds. The number of hydrogen-bond acceptors (Lipinski definition) is 4. The van der Waals surface area contributed by atoms with Gasteiger partial charge in [-0.2, -0.15) is 0 Å². The predicted octanol–water partition coefficient (Wildman–Crippen LogP) is 5.06.